The molecule has 0 heterocycles. The number of hydrogen-bond acceptors (Lipinski definition) is 4. The largest absolute Gasteiger partial charge is 0.493 e. The van der Waals surface area contributed by atoms with Crippen molar-refractivity contribution in [1.29, 1.82) is 0 Å². The SMILES string of the molecule is Nc1cc(F)ccc1S(=O)(=O)CCOc1ccc(Br)cc1. The van der Waals surface area contributed by atoms with E-state index in [4.69, 9.17) is 10.5 Å². The Labute approximate surface area is 130 Å². The average molecular weight is 374 g/mol. The minimum Gasteiger partial charge on any atom is -0.493 e. The van der Waals surface area contributed by atoms with Crippen LogP contribution in [0.15, 0.2) is 51.8 Å². The van der Waals surface area contributed by atoms with E-state index in [9.17, 15) is 12.8 Å². The second-order valence-electron chi connectivity index (χ2n) is 4.30. The Morgan fingerprint density at radius 2 is 1.81 bits per heavy atom. The normalized spacial score (nSPS) is 11.3. The number of benzene rings is 2. The van der Waals surface area contributed by atoms with Crippen LogP contribution in [0.25, 0.3) is 0 Å². The predicted octanol–water partition coefficient (Wildman–Crippen LogP) is 3.02. The maximum atomic E-state index is 12.9. The van der Waals surface area contributed by atoms with E-state index in [1.807, 2.05) is 0 Å². The molecule has 0 amide bonds. The van der Waals surface area contributed by atoms with E-state index in [0.29, 0.717) is 5.75 Å². The van der Waals surface area contributed by atoms with E-state index in [-0.39, 0.29) is 22.9 Å². The van der Waals surface area contributed by atoms with Crippen LogP contribution in [0.2, 0.25) is 0 Å². The number of nitrogens with two attached hydrogens (primary N) is 1. The second-order valence-corrected chi connectivity index (χ2v) is 7.30. The fourth-order valence-corrected chi connectivity index (χ4v) is 3.19. The molecule has 4 nitrogen and oxygen atoms in total. The molecule has 0 fully saturated rings. The Bertz CT molecular complexity index is 732. The van der Waals surface area contributed by atoms with Gasteiger partial charge in [0.2, 0.25) is 0 Å². The summed E-state index contributed by atoms with van der Waals surface area (Å²) in [6.07, 6.45) is 0. The molecule has 0 radical (unpaired) electrons. The molecule has 2 aromatic carbocycles. The molecule has 0 saturated carbocycles. The highest BCUT2D eigenvalue weighted by Gasteiger charge is 2.18. The van der Waals surface area contributed by atoms with Crippen LogP contribution in [0.5, 0.6) is 5.75 Å². The van der Waals surface area contributed by atoms with Crippen molar-refractivity contribution >= 4 is 31.5 Å². The van der Waals surface area contributed by atoms with Gasteiger partial charge in [-0.3, -0.25) is 0 Å². The Hall–Kier alpha value is -1.60. The summed E-state index contributed by atoms with van der Waals surface area (Å²) in [4.78, 5) is -0.0803. The Balaban J connectivity index is 2.03. The molecule has 0 unspecified atom stereocenters. The number of rotatable bonds is 5. The molecule has 0 aliphatic carbocycles. The van der Waals surface area contributed by atoms with Crippen molar-refractivity contribution in [3.63, 3.8) is 0 Å². The molecule has 0 atom stereocenters. The Morgan fingerprint density at radius 3 is 2.43 bits per heavy atom. The van der Waals surface area contributed by atoms with Crippen LogP contribution < -0.4 is 10.5 Å². The van der Waals surface area contributed by atoms with Crippen LogP contribution in [0.4, 0.5) is 10.1 Å². The van der Waals surface area contributed by atoms with Crippen LogP contribution >= 0.6 is 15.9 Å². The summed E-state index contributed by atoms with van der Waals surface area (Å²) >= 11 is 3.29. The summed E-state index contributed by atoms with van der Waals surface area (Å²) in [5, 5.41) is 0. The van der Waals surface area contributed by atoms with Gasteiger partial charge < -0.3 is 10.5 Å². The number of hydrogen-bond donors (Lipinski definition) is 1. The van der Waals surface area contributed by atoms with Crippen molar-refractivity contribution in [3.8, 4) is 5.75 Å². The smallest absolute Gasteiger partial charge is 0.183 e. The number of anilines is 1. The molecule has 7 heteroatoms. The van der Waals surface area contributed by atoms with Crippen LogP contribution in [0.3, 0.4) is 0 Å². The molecule has 112 valence electrons. The third-order valence-electron chi connectivity index (χ3n) is 2.74. The molecular formula is C14H13BrFNO3S. The van der Waals surface area contributed by atoms with Gasteiger partial charge in [-0.25, -0.2) is 12.8 Å². The lowest BCUT2D eigenvalue weighted by molar-refractivity contribution is 0.341. The zero-order valence-corrected chi connectivity index (χ0v) is 13.3. The van der Waals surface area contributed by atoms with Gasteiger partial charge in [-0.05, 0) is 42.5 Å². The first-order valence-electron chi connectivity index (χ1n) is 6.04. The van der Waals surface area contributed by atoms with E-state index in [1.54, 1.807) is 24.3 Å². The Kier molecular flexibility index (Phi) is 4.84. The summed E-state index contributed by atoms with van der Waals surface area (Å²) < 4.78 is 43.4. The molecule has 2 N–H and O–H groups in total. The van der Waals surface area contributed by atoms with Gasteiger partial charge in [0.1, 0.15) is 18.2 Å². The molecule has 2 rings (SSSR count). The zero-order valence-electron chi connectivity index (χ0n) is 10.9. The molecule has 0 bridgehead atoms. The van der Waals surface area contributed by atoms with Crippen LogP contribution in [-0.4, -0.2) is 20.8 Å². The summed E-state index contributed by atoms with van der Waals surface area (Å²) in [5.74, 6) is -0.239. The van der Waals surface area contributed by atoms with Crippen LogP contribution in [0.1, 0.15) is 0 Å². The van der Waals surface area contributed by atoms with E-state index >= 15 is 0 Å². The van der Waals surface area contributed by atoms with Crippen molar-refractivity contribution in [1.82, 2.24) is 0 Å². The van der Waals surface area contributed by atoms with Gasteiger partial charge in [0.15, 0.2) is 9.84 Å². The molecule has 2 aromatic rings. The molecule has 0 aromatic heterocycles. The van der Waals surface area contributed by atoms with Crippen molar-refractivity contribution in [3.05, 3.63) is 52.8 Å². The van der Waals surface area contributed by atoms with Gasteiger partial charge in [-0.1, -0.05) is 15.9 Å². The van der Waals surface area contributed by atoms with Gasteiger partial charge in [0, 0.05) is 4.47 Å². The van der Waals surface area contributed by atoms with Crippen molar-refractivity contribution in [2.24, 2.45) is 0 Å². The molecule has 0 aliphatic rings. The summed E-state index contributed by atoms with van der Waals surface area (Å²) in [5.41, 5.74) is 5.44. The summed E-state index contributed by atoms with van der Waals surface area (Å²) in [7, 11) is -3.61. The third-order valence-corrected chi connectivity index (χ3v) is 5.02. The minimum absolute atomic E-state index is 0.0131. The lowest BCUT2D eigenvalue weighted by atomic mass is 10.3. The van der Waals surface area contributed by atoms with E-state index < -0.39 is 15.7 Å². The number of sulfone groups is 1. The summed E-state index contributed by atoms with van der Waals surface area (Å²) in [6.45, 7) is -0.0131. The molecule has 21 heavy (non-hydrogen) atoms. The van der Waals surface area contributed by atoms with Crippen molar-refractivity contribution < 1.29 is 17.5 Å². The maximum Gasteiger partial charge on any atom is 0.183 e. The Morgan fingerprint density at radius 1 is 1.14 bits per heavy atom. The van der Waals surface area contributed by atoms with Gasteiger partial charge in [0.05, 0.1) is 16.3 Å². The lowest BCUT2D eigenvalue weighted by Gasteiger charge is -2.09. The number of ether oxygens (including phenoxy) is 1. The van der Waals surface area contributed by atoms with Gasteiger partial charge in [0.25, 0.3) is 0 Å². The zero-order chi connectivity index (χ0) is 15.5. The fraction of sp³-hybridized carbons (Fsp3) is 0.143. The standard InChI is InChI=1S/C14H13BrFNO3S/c15-10-1-4-12(5-2-10)20-7-8-21(18,19)14-6-3-11(16)9-13(14)17/h1-6,9H,7-8,17H2. The number of halogens is 2. The lowest BCUT2D eigenvalue weighted by Crippen LogP contribution is -2.15. The topological polar surface area (TPSA) is 69.4 Å². The molecular weight excluding hydrogens is 361 g/mol. The second kappa shape index (κ2) is 6.44. The minimum atomic E-state index is -3.61. The van der Waals surface area contributed by atoms with Gasteiger partial charge >= 0.3 is 0 Å². The average Bonchev–Trinajstić information content (AvgIpc) is 2.40. The van der Waals surface area contributed by atoms with Crippen LogP contribution in [-0.2, 0) is 9.84 Å². The van der Waals surface area contributed by atoms with Gasteiger partial charge in [-0.2, -0.15) is 0 Å². The molecule has 0 aliphatic heterocycles. The highest BCUT2D eigenvalue weighted by atomic mass is 79.9. The first-order valence-corrected chi connectivity index (χ1v) is 8.49. The van der Waals surface area contributed by atoms with E-state index in [0.717, 1.165) is 16.6 Å². The van der Waals surface area contributed by atoms with Crippen molar-refractivity contribution in [2.75, 3.05) is 18.1 Å². The monoisotopic (exact) mass is 373 g/mol. The van der Waals surface area contributed by atoms with Crippen molar-refractivity contribution in [2.45, 2.75) is 4.90 Å². The number of nitrogen functional groups attached to an aromatic ring is 1. The quantitative estimate of drug-likeness (QED) is 0.645. The first kappa shape index (κ1) is 15.8. The third kappa shape index (κ3) is 4.18. The van der Waals surface area contributed by atoms with Gasteiger partial charge in [-0.15, -0.1) is 0 Å². The first-order chi connectivity index (χ1) is 9.88. The molecule has 0 spiro atoms. The molecule has 0 saturated heterocycles. The highest BCUT2D eigenvalue weighted by Crippen LogP contribution is 2.21. The fourth-order valence-electron chi connectivity index (χ4n) is 1.71. The predicted molar refractivity (Wildman–Crippen MR) is 82.5 cm³/mol. The summed E-state index contributed by atoms with van der Waals surface area (Å²) in [6, 6.07) is 10.3. The maximum absolute atomic E-state index is 12.9. The van der Waals surface area contributed by atoms with E-state index in [1.165, 1.54) is 6.07 Å². The highest BCUT2D eigenvalue weighted by molar-refractivity contribution is 9.10. The van der Waals surface area contributed by atoms with Crippen LogP contribution in [0, 0.1) is 5.82 Å². The van der Waals surface area contributed by atoms with E-state index in [2.05, 4.69) is 15.9 Å².